The minimum atomic E-state index is -2.01. The average Bonchev–Trinajstić information content (AvgIpc) is 3.44. The minimum absolute atomic E-state index is 0.658. The maximum absolute atomic E-state index is 5.29. The molecule has 1 aliphatic heterocycles. The van der Waals surface area contributed by atoms with Crippen molar-refractivity contribution in [3.8, 4) is 67.5 Å². The second-order valence-electron chi connectivity index (χ2n) is 14.5. The Hall–Kier alpha value is -6.49. The van der Waals surface area contributed by atoms with Gasteiger partial charge in [-0.2, -0.15) is 0 Å². The fraction of sp³-hybridized carbons (Fsp3) is 0.0408. The smallest absolute Gasteiger partial charge is 0.164 e. The first-order valence-corrected chi connectivity index (χ1v) is 21.2. The number of benzene rings is 8. The largest absolute Gasteiger partial charge is 0.208 e. The normalized spacial score (nSPS) is 12.9. The van der Waals surface area contributed by atoms with Crippen LogP contribution in [0.3, 0.4) is 0 Å². The molecule has 0 saturated heterocycles. The van der Waals surface area contributed by atoms with Crippen molar-refractivity contribution in [2.45, 2.75) is 13.1 Å². The SMILES string of the molecule is C[Si]1(C)c2cc(-c3nc(-c4cccc(-c5ccccc5)c4)nc(-c4ccc(-c5ccccc5)c5ccccc45)n3)ccc2-c2cc3ccccc3cc21. The molecule has 8 aromatic carbocycles. The molecule has 0 atom stereocenters. The molecule has 1 aliphatic rings. The third-order valence-electron chi connectivity index (χ3n) is 10.9. The predicted octanol–water partition coefficient (Wildman–Crippen LogP) is 11.3. The molecule has 250 valence electrons. The minimum Gasteiger partial charge on any atom is -0.208 e. The summed E-state index contributed by atoms with van der Waals surface area (Å²) in [5.74, 6) is 2.00. The van der Waals surface area contributed by atoms with Gasteiger partial charge in [-0.15, -0.1) is 0 Å². The highest BCUT2D eigenvalue weighted by atomic mass is 28.3. The Labute approximate surface area is 310 Å². The van der Waals surface area contributed by atoms with Crippen LogP contribution in [0.25, 0.3) is 89.1 Å². The van der Waals surface area contributed by atoms with Gasteiger partial charge in [-0.05, 0) is 83.5 Å². The maximum atomic E-state index is 5.29. The van der Waals surface area contributed by atoms with Crippen LogP contribution in [0.1, 0.15) is 0 Å². The first kappa shape index (κ1) is 31.3. The number of hydrogen-bond donors (Lipinski definition) is 0. The average molecular weight is 694 g/mol. The fourth-order valence-electron chi connectivity index (χ4n) is 8.15. The van der Waals surface area contributed by atoms with Crippen molar-refractivity contribution in [2.75, 3.05) is 0 Å². The molecular weight excluding hydrogens is 659 g/mol. The van der Waals surface area contributed by atoms with E-state index in [1.165, 1.54) is 48.8 Å². The molecule has 0 saturated carbocycles. The number of rotatable bonds is 5. The molecule has 0 radical (unpaired) electrons. The highest BCUT2D eigenvalue weighted by Crippen LogP contribution is 2.37. The van der Waals surface area contributed by atoms with E-state index in [1.54, 1.807) is 0 Å². The van der Waals surface area contributed by atoms with Gasteiger partial charge in [0.1, 0.15) is 8.07 Å². The molecule has 10 rings (SSSR count). The van der Waals surface area contributed by atoms with E-state index in [2.05, 4.69) is 183 Å². The summed E-state index contributed by atoms with van der Waals surface area (Å²) in [6, 6.07) is 62.9. The van der Waals surface area contributed by atoms with Crippen LogP contribution in [-0.4, -0.2) is 23.0 Å². The van der Waals surface area contributed by atoms with Crippen molar-refractivity contribution >= 4 is 40.0 Å². The molecule has 0 aliphatic carbocycles. The standard InChI is InChI=1S/C49H35N3Si/c1-53(2)45-31-38(24-25-42(45)44-29-35-18-9-10-19-36(35)30-46(44)53)48-50-47(37-21-13-20-34(28-37)32-14-5-3-6-15-32)51-49(52-48)43-27-26-39(33-16-7-4-8-17-33)40-22-11-12-23-41(40)43/h3-31H,1-2H3. The van der Waals surface area contributed by atoms with Gasteiger partial charge in [-0.1, -0.05) is 171 Å². The van der Waals surface area contributed by atoms with E-state index in [9.17, 15) is 0 Å². The molecule has 53 heavy (non-hydrogen) atoms. The fourth-order valence-corrected chi connectivity index (χ4v) is 11.2. The molecule has 1 aromatic heterocycles. The summed E-state index contributed by atoms with van der Waals surface area (Å²) in [5, 5.41) is 7.77. The lowest BCUT2D eigenvalue weighted by atomic mass is 9.94. The van der Waals surface area contributed by atoms with Gasteiger partial charge in [0.2, 0.25) is 0 Å². The van der Waals surface area contributed by atoms with E-state index in [0.717, 1.165) is 33.2 Å². The molecule has 0 N–H and O–H groups in total. The summed E-state index contributed by atoms with van der Waals surface area (Å²) >= 11 is 0. The van der Waals surface area contributed by atoms with Gasteiger partial charge in [0.15, 0.2) is 17.5 Å². The molecule has 2 heterocycles. The second-order valence-corrected chi connectivity index (χ2v) is 18.8. The Morgan fingerprint density at radius 1 is 0.321 bits per heavy atom. The topological polar surface area (TPSA) is 38.7 Å². The molecule has 0 fully saturated rings. The third-order valence-corrected chi connectivity index (χ3v) is 14.4. The van der Waals surface area contributed by atoms with Crippen LogP contribution in [0.5, 0.6) is 0 Å². The Morgan fingerprint density at radius 2 is 0.830 bits per heavy atom. The van der Waals surface area contributed by atoms with E-state index in [-0.39, 0.29) is 0 Å². The summed E-state index contributed by atoms with van der Waals surface area (Å²) in [5.41, 5.74) is 10.3. The molecule has 4 heteroatoms. The first-order chi connectivity index (χ1) is 26.0. The van der Waals surface area contributed by atoms with Crippen molar-refractivity contribution < 1.29 is 0 Å². The van der Waals surface area contributed by atoms with Crippen molar-refractivity contribution in [2.24, 2.45) is 0 Å². The lowest BCUT2D eigenvalue weighted by molar-refractivity contribution is 1.08. The molecule has 0 unspecified atom stereocenters. The Balaban J connectivity index is 1.17. The maximum Gasteiger partial charge on any atom is 0.164 e. The van der Waals surface area contributed by atoms with Gasteiger partial charge in [0, 0.05) is 16.7 Å². The monoisotopic (exact) mass is 693 g/mol. The zero-order chi connectivity index (χ0) is 35.5. The van der Waals surface area contributed by atoms with Crippen LogP contribution in [0.4, 0.5) is 0 Å². The van der Waals surface area contributed by atoms with Crippen molar-refractivity contribution in [3.05, 3.63) is 176 Å². The van der Waals surface area contributed by atoms with Crippen molar-refractivity contribution in [3.63, 3.8) is 0 Å². The van der Waals surface area contributed by atoms with Gasteiger partial charge in [0.05, 0.1) is 0 Å². The third kappa shape index (κ3) is 5.30. The molecule has 9 aromatic rings. The molecule has 3 nitrogen and oxygen atoms in total. The van der Waals surface area contributed by atoms with Gasteiger partial charge < -0.3 is 0 Å². The summed E-state index contributed by atoms with van der Waals surface area (Å²) < 4.78 is 0. The van der Waals surface area contributed by atoms with Gasteiger partial charge in [-0.3, -0.25) is 0 Å². The van der Waals surface area contributed by atoms with Crippen LogP contribution in [-0.2, 0) is 0 Å². The lowest BCUT2D eigenvalue weighted by Crippen LogP contribution is -2.49. The predicted molar refractivity (Wildman–Crippen MR) is 224 cm³/mol. The highest BCUT2D eigenvalue weighted by Gasteiger charge is 2.38. The van der Waals surface area contributed by atoms with Crippen LogP contribution in [0.2, 0.25) is 13.1 Å². The van der Waals surface area contributed by atoms with E-state index in [0.29, 0.717) is 17.5 Å². The number of fused-ring (bicyclic) bond motifs is 5. The van der Waals surface area contributed by atoms with E-state index in [1.807, 2.05) is 6.07 Å². The Bertz CT molecular complexity index is 2860. The van der Waals surface area contributed by atoms with E-state index in [4.69, 9.17) is 15.0 Å². The molecular formula is C49H35N3Si. The zero-order valence-electron chi connectivity index (χ0n) is 29.6. The van der Waals surface area contributed by atoms with Gasteiger partial charge >= 0.3 is 0 Å². The molecule has 0 spiro atoms. The van der Waals surface area contributed by atoms with Gasteiger partial charge in [-0.25, -0.2) is 15.0 Å². The first-order valence-electron chi connectivity index (χ1n) is 18.2. The highest BCUT2D eigenvalue weighted by molar-refractivity contribution is 7.04. The summed E-state index contributed by atoms with van der Waals surface area (Å²) in [6.45, 7) is 4.94. The van der Waals surface area contributed by atoms with E-state index < -0.39 is 8.07 Å². The second kappa shape index (κ2) is 12.3. The zero-order valence-corrected chi connectivity index (χ0v) is 30.6. The van der Waals surface area contributed by atoms with Crippen molar-refractivity contribution in [1.82, 2.24) is 15.0 Å². The van der Waals surface area contributed by atoms with Crippen LogP contribution in [0, 0.1) is 0 Å². The van der Waals surface area contributed by atoms with Crippen molar-refractivity contribution in [1.29, 1.82) is 0 Å². The molecule has 0 amide bonds. The lowest BCUT2D eigenvalue weighted by Gasteiger charge is -2.20. The Morgan fingerprint density at radius 3 is 1.57 bits per heavy atom. The quantitative estimate of drug-likeness (QED) is 0.168. The molecule has 0 bridgehead atoms. The van der Waals surface area contributed by atoms with Crippen LogP contribution in [0.15, 0.2) is 176 Å². The summed E-state index contributed by atoms with van der Waals surface area (Å²) in [4.78, 5) is 15.8. The number of aromatic nitrogens is 3. The van der Waals surface area contributed by atoms with E-state index >= 15 is 0 Å². The van der Waals surface area contributed by atoms with Gasteiger partial charge in [0.25, 0.3) is 0 Å². The Kier molecular flexibility index (Phi) is 7.27. The van der Waals surface area contributed by atoms with Crippen LogP contribution >= 0.6 is 0 Å². The number of nitrogens with zero attached hydrogens (tertiary/aromatic N) is 3. The summed E-state index contributed by atoms with van der Waals surface area (Å²) in [7, 11) is -2.01. The number of hydrogen-bond acceptors (Lipinski definition) is 3. The summed E-state index contributed by atoms with van der Waals surface area (Å²) in [6.07, 6.45) is 0. The van der Waals surface area contributed by atoms with Crippen LogP contribution < -0.4 is 10.4 Å².